The highest BCUT2D eigenvalue weighted by Gasteiger charge is 2.42. The van der Waals surface area contributed by atoms with Crippen LogP contribution in [0.3, 0.4) is 0 Å². The van der Waals surface area contributed by atoms with Crippen molar-refractivity contribution in [3.05, 3.63) is 47.8 Å². The van der Waals surface area contributed by atoms with E-state index in [0.29, 0.717) is 36.1 Å². The topological polar surface area (TPSA) is 59.0 Å². The molecule has 1 heterocycles. The number of carbonyl (C=O) groups excluding carboxylic acids is 1. The summed E-state index contributed by atoms with van der Waals surface area (Å²) in [4.78, 5) is 12.7. The van der Waals surface area contributed by atoms with Gasteiger partial charge in [-0.15, -0.1) is 0 Å². The lowest BCUT2D eigenvalue weighted by molar-refractivity contribution is -0.0405. The molecule has 0 spiro atoms. The Bertz CT molecular complexity index is 913. The van der Waals surface area contributed by atoms with Crippen LogP contribution in [0.15, 0.2) is 36.7 Å². The van der Waals surface area contributed by atoms with Crippen LogP contribution in [0.5, 0.6) is 0 Å². The summed E-state index contributed by atoms with van der Waals surface area (Å²) in [6.45, 7) is 0.917. The van der Waals surface area contributed by atoms with Gasteiger partial charge in [-0.1, -0.05) is 12.1 Å². The molecule has 3 aliphatic carbocycles. The third-order valence-electron chi connectivity index (χ3n) is 6.57. The Morgan fingerprint density at radius 3 is 2.77 bits per heavy atom. The minimum absolute atomic E-state index is 0.0189. The van der Waals surface area contributed by atoms with Crippen molar-refractivity contribution in [1.82, 2.24) is 15.1 Å². The van der Waals surface area contributed by atoms with E-state index < -0.39 is 5.92 Å². The van der Waals surface area contributed by atoms with Crippen LogP contribution < -0.4 is 10.6 Å². The van der Waals surface area contributed by atoms with E-state index in [2.05, 4.69) is 15.7 Å². The van der Waals surface area contributed by atoms with Gasteiger partial charge >= 0.3 is 0 Å². The van der Waals surface area contributed by atoms with E-state index >= 15 is 0 Å². The highest BCUT2D eigenvalue weighted by atomic mass is 19.3. The lowest BCUT2D eigenvalue weighted by atomic mass is 9.92. The number of rotatable bonds is 7. The van der Waals surface area contributed by atoms with E-state index in [4.69, 9.17) is 0 Å². The lowest BCUT2D eigenvalue weighted by Crippen LogP contribution is -2.38. The minimum atomic E-state index is -2.49. The van der Waals surface area contributed by atoms with Gasteiger partial charge in [-0.3, -0.25) is 9.48 Å². The third kappa shape index (κ3) is 4.72. The predicted molar refractivity (Wildman–Crippen MR) is 111 cm³/mol. The zero-order valence-electron chi connectivity index (χ0n) is 17.0. The molecule has 3 aliphatic rings. The van der Waals surface area contributed by atoms with Crippen molar-refractivity contribution in [1.29, 1.82) is 0 Å². The van der Waals surface area contributed by atoms with E-state index in [0.717, 1.165) is 24.4 Å². The fraction of sp³-hybridized carbons (Fsp3) is 0.565. The van der Waals surface area contributed by atoms with Crippen molar-refractivity contribution in [2.24, 2.45) is 5.92 Å². The lowest BCUT2D eigenvalue weighted by Gasteiger charge is -2.29. The predicted octanol–water partition coefficient (Wildman–Crippen LogP) is 4.57. The van der Waals surface area contributed by atoms with Crippen molar-refractivity contribution in [2.45, 2.75) is 75.4 Å². The largest absolute Gasteiger partial charge is 0.319 e. The molecule has 2 atom stereocenters. The Morgan fingerprint density at radius 2 is 2.00 bits per heavy atom. The highest BCUT2D eigenvalue weighted by molar-refractivity contribution is 6.04. The summed E-state index contributed by atoms with van der Waals surface area (Å²) in [5, 5.41) is 10.8. The van der Waals surface area contributed by atoms with Crippen molar-refractivity contribution in [2.75, 3.05) is 5.32 Å². The number of hydrogen-bond acceptors (Lipinski definition) is 3. The monoisotopic (exact) mass is 414 g/mol. The smallest absolute Gasteiger partial charge is 0.255 e. The fourth-order valence-electron chi connectivity index (χ4n) is 4.46. The number of carbonyl (C=O) groups is 1. The number of benzene rings is 1. The zero-order valence-corrected chi connectivity index (χ0v) is 17.0. The number of nitrogens with one attached hydrogen (secondary N) is 2. The summed E-state index contributed by atoms with van der Waals surface area (Å²) in [5.41, 5.74) is 2.47. The zero-order chi connectivity index (χ0) is 20.7. The molecule has 2 N–H and O–H groups in total. The van der Waals surface area contributed by atoms with Crippen molar-refractivity contribution < 1.29 is 13.6 Å². The van der Waals surface area contributed by atoms with E-state index in [-0.39, 0.29) is 24.8 Å². The molecule has 3 fully saturated rings. The quantitative estimate of drug-likeness (QED) is 0.698. The number of halogens is 2. The van der Waals surface area contributed by atoms with Crippen LogP contribution in [0.2, 0.25) is 0 Å². The highest BCUT2D eigenvalue weighted by Crippen LogP contribution is 2.43. The molecule has 5 rings (SSSR count). The standard InChI is InChI=1S/C23H28F2N4O/c24-23(25)8-6-18(7-9-23)27-21-11-20(21)16-2-1-3-17(10-16)22(30)28-19-12-26-29(14-19)13-15-4-5-15/h1-3,10,12,14-15,18,20-21,27H,4-9,11,13H2,(H,28,30)/t20-,21+/m0/s1. The maximum atomic E-state index is 13.3. The first kappa shape index (κ1) is 19.7. The SMILES string of the molecule is O=C(Nc1cnn(CC2CC2)c1)c1cccc([C@@H]2C[C@H]2NC2CCC(F)(F)CC2)c1. The Kier molecular flexibility index (Phi) is 5.09. The normalized spacial score (nSPS) is 25.8. The van der Waals surface area contributed by atoms with Crippen LogP contribution in [0.4, 0.5) is 14.5 Å². The van der Waals surface area contributed by atoms with Gasteiger partial charge in [-0.2, -0.15) is 5.10 Å². The van der Waals surface area contributed by atoms with E-state index in [9.17, 15) is 13.6 Å². The molecular formula is C23H28F2N4O. The van der Waals surface area contributed by atoms with E-state index in [1.165, 1.54) is 12.8 Å². The molecule has 160 valence electrons. The van der Waals surface area contributed by atoms with Gasteiger partial charge in [-0.25, -0.2) is 8.78 Å². The van der Waals surface area contributed by atoms with Gasteiger partial charge in [0.05, 0.1) is 11.9 Å². The molecular weight excluding hydrogens is 386 g/mol. The maximum Gasteiger partial charge on any atom is 0.255 e. The van der Waals surface area contributed by atoms with Crippen molar-refractivity contribution in [3.63, 3.8) is 0 Å². The average Bonchev–Trinajstić information content (AvgIpc) is 3.64. The summed E-state index contributed by atoms with van der Waals surface area (Å²) in [6.07, 6.45) is 8.13. The molecule has 7 heteroatoms. The van der Waals surface area contributed by atoms with Crippen LogP contribution >= 0.6 is 0 Å². The summed E-state index contributed by atoms with van der Waals surface area (Å²) >= 11 is 0. The molecule has 1 aromatic heterocycles. The molecule has 1 aromatic carbocycles. The molecule has 0 aliphatic heterocycles. The second kappa shape index (κ2) is 7.76. The molecule has 3 saturated carbocycles. The first-order valence-electron chi connectivity index (χ1n) is 11.0. The summed E-state index contributed by atoms with van der Waals surface area (Å²) in [5.74, 6) is -1.55. The molecule has 1 amide bonds. The Hall–Kier alpha value is -2.28. The van der Waals surface area contributed by atoms with Crippen LogP contribution in [0.1, 0.15) is 66.8 Å². The molecule has 2 aromatic rings. The second-order valence-electron chi connectivity index (χ2n) is 9.22. The number of hydrogen-bond donors (Lipinski definition) is 2. The van der Waals surface area contributed by atoms with Gasteiger partial charge in [0.1, 0.15) is 0 Å². The first-order valence-corrected chi connectivity index (χ1v) is 11.0. The molecule has 0 unspecified atom stereocenters. The van der Waals surface area contributed by atoms with Gasteiger partial charge in [0.25, 0.3) is 5.91 Å². The summed E-state index contributed by atoms with van der Waals surface area (Å²) < 4.78 is 28.6. The molecule has 5 nitrogen and oxygen atoms in total. The van der Waals surface area contributed by atoms with Gasteiger partial charge in [0, 0.05) is 49.1 Å². The van der Waals surface area contributed by atoms with Crippen molar-refractivity contribution in [3.8, 4) is 0 Å². The number of alkyl halides is 2. The Balaban J connectivity index is 1.15. The van der Waals surface area contributed by atoms with Gasteiger partial charge < -0.3 is 10.6 Å². The Morgan fingerprint density at radius 1 is 1.20 bits per heavy atom. The molecule has 0 bridgehead atoms. The van der Waals surface area contributed by atoms with Gasteiger partial charge in [-0.05, 0) is 55.7 Å². The summed E-state index contributed by atoms with van der Waals surface area (Å²) in [7, 11) is 0. The number of nitrogens with zero attached hydrogens (tertiary/aromatic N) is 2. The summed E-state index contributed by atoms with van der Waals surface area (Å²) in [6, 6.07) is 8.23. The van der Waals surface area contributed by atoms with Gasteiger partial charge in [0.15, 0.2) is 0 Å². The minimum Gasteiger partial charge on any atom is -0.319 e. The second-order valence-corrected chi connectivity index (χ2v) is 9.22. The van der Waals surface area contributed by atoms with E-state index in [1.807, 2.05) is 35.1 Å². The van der Waals surface area contributed by atoms with Crippen LogP contribution in [-0.4, -0.2) is 33.7 Å². The first-order chi connectivity index (χ1) is 14.4. The number of aromatic nitrogens is 2. The van der Waals surface area contributed by atoms with Crippen LogP contribution in [-0.2, 0) is 6.54 Å². The molecule has 30 heavy (non-hydrogen) atoms. The average molecular weight is 415 g/mol. The van der Waals surface area contributed by atoms with Crippen LogP contribution in [0, 0.1) is 5.92 Å². The number of amides is 1. The Labute approximate surface area is 175 Å². The third-order valence-corrected chi connectivity index (χ3v) is 6.57. The molecule has 0 saturated heterocycles. The molecule has 0 radical (unpaired) electrons. The van der Waals surface area contributed by atoms with Crippen molar-refractivity contribution >= 4 is 11.6 Å². The van der Waals surface area contributed by atoms with Crippen LogP contribution in [0.25, 0.3) is 0 Å². The van der Waals surface area contributed by atoms with E-state index in [1.54, 1.807) is 6.20 Å². The maximum absolute atomic E-state index is 13.3. The number of anilines is 1. The van der Waals surface area contributed by atoms with Gasteiger partial charge in [0.2, 0.25) is 5.92 Å². The fourth-order valence-corrected chi connectivity index (χ4v) is 4.46.